The van der Waals surface area contributed by atoms with E-state index >= 15 is 0 Å². The molecule has 2 atom stereocenters. The van der Waals surface area contributed by atoms with Crippen molar-refractivity contribution in [2.45, 2.75) is 39.4 Å². The number of rotatable bonds is 7. The van der Waals surface area contributed by atoms with E-state index in [1.54, 1.807) is 6.20 Å². The smallest absolute Gasteiger partial charge is 0.316 e. The summed E-state index contributed by atoms with van der Waals surface area (Å²) in [6, 6.07) is 9.41. The van der Waals surface area contributed by atoms with Gasteiger partial charge in [0.2, 0.25) is 5.75 Å². The number of anilines is 1. The maximum Gasteiger partial charge on any atom is 0.316 e. The van der Waals surface area contributed by atoms with Crippen LogP contribution >= 0.6 is 0 Å². The molecule has 0 bridgehead atoms. The molecule has 1 aliphatic carbocycles. The normalized spacial score (nSPS) is 21.9. The van der Waals surface area contributed by atoms with Crippen molar-refractivity contribution in [1.82, 2.24) is 14.1 Å². The Kier molecular flexibility index (Phi) is 6.32. The van der Waals surface area contributed by atoms with Gasteiger partial charge in [-0.05, 0) is 43.7 Å². The van der Waals surface area contributed by atoms with Crippen LogP contribution in [0.15, 0.2) is 41.3 Å². The summed E-state index contributed by atoms with van der Waals surface area (Å²) < 4.78 is 22.0. The summed E-state index contributed by atoms with van der Waals surface area (Å²) in [5.41, 5.74) is 1.48. The van der Waals surface area contributed by atoms with Crippen LogP contribution in [0, 0.1) is 11.3 Å². The van der Waals surface area contributed by atoms with Crippen LogP contribution in [0.4, 0.5) is 5.69 Å². The van der Waals surface area contributed by atoms with Crippen LogP contribution in [0.5, 0.6) is 5.75 Å². The van der Waals surface area contributed by atoms with Gasteiger partial charge in [-0.1, -0.05) is 32.0 Å². The zero-order valence-electron chi connectivity index (χ0n) is 18.8. The number of hydrogen-bond acceptors (Lipinski definition) is 6. The van der Waals surface area contributed by atoms with Crippen LogP contribution in [0.2, 0.25) is 0 Å². The van der Waals surface area contributed by atoms with Crippen molar-refractivity contribution in [3.63, 3.8) is 0 Å². The van der Waals surface area contributed by atoms with Gasteiger partial charge < -0.3 is 14.2 Å². The Hall–Kier alpha value is -2.03. The van der Waals surface area contributed by atoms with Crippen LogP contribution in [0.3, 0.4) is 0 Å². The lowest BCUT2D eigenvalue weighted by Gasteiger charge is -2.36. The molecule has 31 heavy (non-hydrogen) atoms. The minimum Gasteiger partial charge on any atom is -0.598 e. The fourth-order valence-electron chi connectivity index (χ4n) is 3.99. The molecule has 1 saturated heterocycles. The Morgan fingerprint density at radius 2 is 1.84 bits per heavy atom. The highest BCUT2D eigenvalue weighted by atomic mass is 32.2. The van der Waals surface area contributed by atoms with Crippen molar-refractivity contribution in [2.24, 2.45) is 11.3 Å². The van der Waals surface area contributed by atoms with Crippen LogP contribution in [0.25, 0.3) is 5.69 Å². The molecule has 2 fully saturated rings. The quantitative estimate of drug-likeness (QED) is 0.612. The standard InChI is InChI=1S/C23H32N4O3S/c1-17(2)31(29)26-12-10-25(11-13-26)20-15-24-27(19-8-6-5-7-9-19)22(28)21(20)30-16-18-14-23(18,3)4/h5-9,15,17-18H,10-14,16H2,1-4H3/t18?,31-/m1/s1. The van der Waals surface area contributed by atoms with Crippen molar-refractivity contribution < 1.29 is 9.29 Å². The summed E-state index contributed by atoms with van der Waals surface area (Å²) in [6.45, 7) is 11.7. The molecule has 4 rings (SSSR count). The zero-order chi connectivity index (χ0) is 22.2. The second-order valence-electron chi connectivity index (χ2n) is 9.35. The maximum absolute atomic E-state index is 13.4. The molecule has 8 heteroatoms. The molecule has 1 aromatic carbocycles. The van der Waals surface area contributed by atoms with Crippen molar-refractivity contribution in [1.29, 1.82) is 0 Å². The first-order valence-corrected chi connectivity index (χ1v) is 12.2. The van der Waals surface area contributed by atoms with Gasteiger partial charge in [0.1, 0.15) is 10.9 Å². The van der Waals surface area contributed by atoms with E-state index < -0.39 is 11.4 Å². The number of ether oxygens (including phenoxy) is 1. The number of aromatic nitrogens is 2. The first kappa shape index (κ1) is 22.2. The van der Waals surface area contributed by atoms with Gasteiger partial charge in [0.15, 0.2) is 0 Å². The van der Waals surface area contributed by atoms with E-state index in [1.807, 2.05) is 48.5 Å². The molecule has 1 aromatic heterocycles. The van der Waals surface area contributed by atoms with Gasteiger partial charge in [-0.15, -0.1) is 4.31 Å². The van der Waals surface area contributed by atoms with Gasteiger partial charge in [0.25, 0.3) is 0 Å². The third-order valence-corrected chi connectivity index (χ3v) is 7.98. The van der Waals surface area contributed by atoms with Crippen LogP contribution < -0.4 is 15.2 Å². The minimum atomic E-state index is -0.984. The summed E-state index contributed by atoms with van der Waals surface area (Å²) in [5, 5.41) is 4.55. The molecule has 0 amide bonds. The lowest BCUT2D eigenvalue weighted by atomic mass is 10.1. The number of piperazine rings is 1. The molecule has 1 saturated carbocycles. The Balaban J connectivity index is 1.59. The van der Waals surface area contributed by atoms with E-state index in [1.165, 1.54) is 4.68 Å². The van der Waals surface area contributed by atoms with Gasteiger partial charge in [-0.3, -0.25) is 4.79 Å². The number of benzene rings is 1. The average molecular weight is 445 g/mol. The first-order chi connectivity index (χ1) is 14.8. The molecule has 168 valence electrons. The molecule has 2 aromatic rings. The molecule has 0 spiro atoms. The highest BCUT2D eigenvalue weighted by molar-refractivity contribution is 7.89. The number of hydrogen-bond donors (Lipinski definition) is 0. The number of nitrogens with zero attached hydrogens (tertiary/aromatic N) is 4. The van der Waals surface area contributed by atoms with Crippen molar-refractivity contribution in [2.75, 3.05) is 37.7 Å². The van der Waals surface area contributed by atoms with Crippen LogP contribution in [-0.2, 0) is 11.4 Å². The van der Waals surface area contributed by atoms with Crippen molar-refractivity contribution in [3.05, 3.63) is 46.9 Å². The number of para-hydroxylation sites is 1. The lowest BCUT2D eigenvalue weighted by Crippen LogP contribution is -2.50. The molecule has 0 radical (unpaired) electrons. The lowest BCUT2D eigenvalue weighted by molar-refractivity contribution is 0.273. The summed E-state index contributed by atoms with van der Waals surface area (Å²) in [6.07, 6.45) is 2.84. The van der Waals surface area contributed by atoms with Gasteiger partial charge in [0.05, 0.1) is 31.6 Å². The third-order valence-electron chi connectivity index (χ3n) is 6.30. The van der Waals surface area contributed by atoms with Crippen LogP contribution in [0.1, 0.15) is 34.1 Å². The average Bonchev–Trinajstić information content (AvgIpc) is 3.39. The Morgan fingerprint density at radius 1 is 1.19 bits per heavy atom. The van der Waals surface area contributed by atoms with Crippen molar-refractivity contribution >= 4 is 17.0 Å². The molecule has 1 aliphatic heterocycles. The fraction of sp³-hybridized carbons (Fsp3) is 0.565. The largest absolute Gasteiger partial charge is 0.598 e. The van der Waals surface area contributed by atoms with Gasteiger partial charge in [0, 0.05) is 24.5 Å². The Bertz CT molecular complexity index is 955. The van der Waals surface area contributed by atoms with E-state index in [9.17, 15) is 9.35 Å². The monoisotopic (exact) mass is 444 g/mol. The molecule has 2 aliphatic rings. The minimum absolute atomic E-state index is 0.101. The van der Waals surface area contributed by atoms with Crippen LogP contribution in [-0.4, -0.2) is 56.7 Å². The molecular formula is C23H32N4O3S. The Morgan fingerprint density at radius 3 is 2.42 bits per heavy atom. The molecule has 0 N–H and O–H groups in total. The van der Waals surface area contributed by atoms with E-state index in [4.69, 9.17) is 4.74 Å². The summed E-state index contributed by atoms with van der Waals surface area (Å²) in [4.78, 5) is 15.5. The second-order valence-corrected chi connectivity index (χ2v) is 11.4. The maximum atomic E-state index is 13.4. The second kappa shape index (κ2) is 8.84. The third kappa shape index (κ3) is 4.76. The SMILES string of the molecule is CC(C)[S@@+]([O-])N1CCN(c2cnn(-c3ccccc3)c(=O)c2OCC2CC2(C)C)CC1. The Labute approximate surface area is 187 Å². The van der Waals surface area contributed by atoms with Gasteiger partial charge in [-0.2, -0.15) is 9.78 Å². The fourth-order valence-corrected chi connectivity index (χ4v) is 5.11. The summed E-state index contributed by atoms with van der Waals surface area (Å²) >= 11 is -0.984. The van der Waals surface area contributed by atoms with Gasteiger partial charge in [-0.25, -0.2) is 0 Å². The first-order valence-electron chi connectivity index (χ1n) is 11.0. The summed E-state index contributed by atoms with van der Waals surface area (Å²) in [5.74, 6) is 0.823. The van der Waals surface area contributed by atoms with Gasteiger partial charge >= 0.3 is 5.56 Å². The molecule has 2 heterocycles. The highest BCUT2D eigenvalue weighted by Crippen LogP contribution is 2.51. The predicted octanol–water partition coefficient (Wildman–Crippen LogP) is 2.85. The van der Waals surface area contributed by atoms with E-state index in [0.29, 0.717) is 50.1 Å². The van der Waals surface area contributed by atoms with E-state index in [-0.39, 0.29) is 16.2 Å². The molecule has 7 nitrogen and oxygen atoms in total. The molecular weight excluding hydrogens is 412 g/mol. The summed E-state index contributed by atoms with van der Waals surface area (Å²) in [7, 11) is 0. The molecule has 1 unspecified atom stereocenters. The highest BCUT2D eigenvalue weighted by Gasteiger charge is 2.46. The predicted molar refractivity (Wildman–Crippen MR) is 124 cm³/mol. The van der Waals surface area contributed by atoms with Crippen molar-refractivity contribution in [3.8, 4) is 11.4 Å². The van der Waals surface area contributed by atoms with E-state index in [2.05, 4.69) is 23.8 Å². The topological polar surface area (TPSA) is 73.7 Å². The zero-order valence-corrected chi connectivity index (χ0v) is 19.6. The van der Waals surface area contributed by atoms with E-state index in [0.717, 1.165) is 12.1 Å².